The zero-order valence-electron chi connectivity index (χ0n) is 31.3. The average Bonchev–Trinajstić information content (AvgIpc) is 4.17. The van der Waals surface area contributed by atoms with Crippen LogP contribution in [0.4, 0.5) is 0 Å². The molecule has 2 aliphatic carbocycles. The second-order valence-corrected chi connectivity index (χ2v) is 13.6. The summed E-state index contributed by atoms with van der Waals surface area (Å²) in [6.45, 7) is 3.94. The molecule has 6 heterocycles. The number of pyridine rings is 4. The van der Waals surface area contributed by atoms with E-state index < -0.39 is 0 Å². The fourth-order valence-corrected chi connectivity index (χ4v) is 6.17. The molecule has 0 radical (unpaired) electrons. The number of halogens is 1. The summed E-state index contributed by atoms with van der Waals surface area (Å²) >= 11 is 0. The molecular weight excluding hydrogens is 773 g/mol. The number of nitrogens with zero attached hydrogens (tertiary/aromatic N) is 9. The molecule has 0 saturated heterocycles. The number of fused-ring (bicyclic) bond motifs is 2. The third kappa shape index (κ3) is 9.37. The minimum absolute atomic E-state index is 0. The van der Waals surface area contributed by atoms with Gasteiger partial charge in [0.05, 0.1) is 40.5 Å². The molecule has 2 fully saturated rings. The maximum absolute atomic E-state index is 9.03. The third-order valence-corrected chi connectivity index (χ3v) is 9.31. The van der Waals surface area contributed by atoms with Gasteiger partial charge in [0.25, 0.3) is 0 Å². The van der Waals surface area contributed by atoms with Crippen molar-refractivity contribution in [2.75, 3.05) is 0 Å². The van der Waals surface area contributed by atoms with Crippen LogP contribution in [0, 0.1) is 37.5 Å². The Morgan fingerprint density at radius 3 is 1.66 bits per heavy atom. The Bertz CT molecular complexity index is 2640. The van der Waals surface area contributed by atoms with Crippen molar-refractivity contribution in [1.82, 2.24) is 39.5 Å². The summed E-state index contributed by atoms with van der Waals surface area (Å²) < 4.78 is 3.70. The van der Waals surface area contributed by atoms with Gasteiger partial charge in [-0.05, 0) is 93.3 Å². The van der Waals surface area contributed by atoms with Gasteiger partial charge >= 0.3 is 23.1 Å². The summed E-state index contributed by atoms with van der Waals surface area (Å²) in [5.74, 6) is 2.18. The molecular formula is C44H39BrMgN10. The quantitative estimate of drug-likeness (QED) is 0.173. The SMILES string of the molecule is Cc1cccc(-n2ncc3ccc(-c4cccc(C#N)n4)cc32)n1.Cc1cccc(-n2ncc3ccc(-c4cccc(C(N)C5CC5)n4)cc32)n1.[Br-].[CH-]1CC1.[Mg+2]. The molecule has 274 valence electrons. The molecule has 1 unspecified atom stereocenters. The van der Waals surface area contributed by atoms with E-state index in [2.05, 4.69) is 55.8 Å². The number of aromatic nitrogens is 8. The van der Waals surface area contributed by atoms with Gasteiger partial charge in [-0.2, -0.15) is 15.5 Å². The Kier molecular flexibility index (Phi) is 13.0. The molecule has 1 atom stereocenters. The van der Waals surface area contributed by atoms with Gasteiger partial charge in [0, 0.05) is 39.3 Å². The Balaban J connectivity index is 0.000000172. The number of nitriles is 1. The van der Waals surface area contributed by atoms with Gasteiger partial charge in [-0.1, -0.05) is 48.5 Å². The van der Waals surface area contributed by atoms with Crippen LogP contribution in [-0.4, -0.2) is 62.5 Å². The smallest absolute Gasteiger partial charge is 1.00 e. The van der Waals surface area contributed by atoms with E-state index in [1.807, 2.05) is 121 Å². The molecule has 8 aromatic rings. The number of nitrogens with two attached hydrogens (primary N) is 1. The molecule has 2 aromatic carbocycles. The monoisotopic (exact) mass is 810 g/mol. The van der Waals surface area contributed by atoms with E-state index in [-0.39, 0.29) is 46.1 Å². The fourth-order valence-electron chi connectivity index (χ4n) is 6.17. The Morgan fingerprint density at radius 2 is 1.18 bits per heavy atom. The maximum Gasteiger partial charge on any atom is 2.00 e. The van der Waals surface area contributed by atoms with Crippen LogP contribution in [0.25, 0.3) is 56.0 Å². The molecule has 10 nitrogen and oxygen atoms in total. The van der Waals surface area contributed by atoms with Crippen LogP contribution in [0.5, 0.6) is 0 Å². The first-order valence-corrected chi connectivity index (χ1v) is 18.2. The van der Waals surface area contributed by atoms with E-state index in [1.165, 1.54) is 25.7 Å². The molecule has 2 aliphatic rings. The van der Waals surface area contributed by atoms with E-state index in [0.29, 0.717) is 11.6 Å². The molecule has 12 heteroatoms. The summed E-state index contributed by atoms with van der Waals surface area (Å²) in [4.78, 5) is 18.3. The minimum atomic E-state index is 0. The summed E-state index contributed by atoms with van der Waals surface area (Å²) in [5.41, 5.74) is 15.3. The Hall–Kier alpha value is -5.32. The predicted octanol–water partition coefficient (Wildman–Crippen LogP) is 5.47. The molecule has 0 amide bonds. The van der Waals surface area contributed by atoms with Crippen molar-refractivity contribution in [3.8, 4) is 40.2 Å². The Labute approximate surface area is 352 Å². The average molecular weight is 812 g/mol. The molecule has 0 aliphatic heterocycles. The Morgan fingerprint density at radius 1 is 0.679 bits per heavy atom. The van der Waals surface area contributed by atoms with E-state index in [4.69, 9.17) is 16.0 Å². The molecule has 0 bridgehead atoms. The zero-order chi connectivity index (χ0) is 37.0. The number of rotatable bonds is 6. The van der Waals surface area contributed by atoms with Crippen LogP contribution >= 0.6 is 0 Å². The summed E-state index contributed by atoms with van der Waals surface area (Å²) in [6, 6.07) is 37.8. The molecule has 6 aromatic heterocycles. The normalized spacial score (nSPS) is 13.2. The number of aryl methyl sites for hydroxylation is 2. The van der Waals surface area contributed by atoms with Crippen LogP contribution in [0.15, 0.2) is 122 Å². The van der Waals surface area contributed by atoms with E-state index in [9.17, 15) is 0 Å². The van der Waals surface area contributed by atoms with Crippen molar-refractivity contribution < 1.29 is 17.0 Å². The molecule has 2 N–H and O–H groups in total. The van der Waals surface area contributed by atoms with Gasteiger partial charge in [0.15, 0.2) is 11.6 Å². The van der Waals surface area contributed by atoms with Gasteiger partial charge in [-0.25, -0.2) is 37.2 Å². The topological polar surface area (TPSA) is 137 Å². The second kappa shape index (κ2) is 18.1. The summed E-state index contributed by atoms with van der Waals surface area (Å²) in [6.07, 6.45) is 11.1. The van der Waals surface area contributed by atoms with Crippen molar-refractivity contribution in [2.24, 2.45) is 11.7 Å². The second-order valence-electron chi connectivity index (χ2n) is 13.6. The van der Waals surface area contributed by atoms with Crippen LogP contribution < -0.4 is 22.7 Å². The van der Waals surface area contributed by atoms with Gasteiger partial charge in [-0.3, -0.25) is 4.98 Å². The fraction of sp³-hybridized carbons (Fsp3) is 0.182. The van der Waals surface area contributed by atoms with Crippen LogP contribution in [0.3, 0.4) is 0 Å². The first-order chi connectivity index (χ1) is 26.4. The molecule has 0 spiro atoms. The van der Waals surface area contributed by atoms with Gasteiger partial charge in [-0.15, -0.1) is 0 Å². The van der Waals surface area contributed by atoms with Crippen molar-refractivity contribution in [3.63, 3.8) is 0 Å². The van der Waals surface area contributed by atoms with Crippen LogP contribution in [0.1, 0.15) is 54.5 Å². The standard InChI is InChI=1S/C22H21N5.C19H13N5.C3H5.BrH.Mg/c1-14-4-2-7-21(25-14)27-20-12-16(10-11-17(20)13-24-27)18-5-3-6-19(26-18)22(23)15-8-9-15;1-13-4-2-7-19(22-13)24-18-10-14(8-9-15(18)12-21-24)17-6-3-5-16(11-20)23-17;1-2-3-1;;/h2-7,10-13,15,22H,8-9,23H2,1H3;2-10,12H,1H3;1H,2-3H2;1H;/q;;-1;;+2/p-1. The molecule has 2 saturated carbocycles. The molecule has 56 heavy (non-hydrogen) atoms. The summed E-state index contributed by atoms with van der Waals surface area (Å²) in [5, 5.41) is 20.1. The first kappa shape index (κ1) is 40.3. The van der Waals surface area contributed by atoms with Gasteiger partial charge < -0.3 is 29.1 Å². The van der Waals surface area contributed by atoms with Crippen LogP contribution in [0.2, 0.25) is 0 Å². The maximum atomic E-state index is 9.03. The van der Waals surface area contributed by atoms with Crippen molar-refractivity contribution in [2.45, 2.75) is 45.6 Å². The van der Waals surface area contributed by atoms with E-state index >= 15 is 0 Å². The summed E-state index contributed by atoms with van der Waals surface area (Å²) in [7, 11) is 0. The number of hydrogen-bond acceptors (Lipinski definition) is 8. The number of benzene rings is 2. The third-order valence-electron chi connectivity index (χ3n) is 9.31. The van der Waals surface area contributed by atoms with Crippen molar-refractivity contribution >= 4 is 44.9 Å². The predicted molar refractivity (Wildman–Crippen MR) is 217 cm³/mol. The van der Waals surface area contributed by atoms with Gasteiger partial charge in [0.1, 0.15) is 11.8 Å². The molecule has 10 rings (SSSR count). The number of hydrogen-bond donors (Lipinski definition) is 1. The first-order valence-electron chi connectivity index (χ1n) is 18.2. The van der Waals surface area contributed by atoms with Crippen LogP contribution in [-0.2, 0) is 0 Å². The van der Waals surface area contributed by atoms with Crippen molar-refractivity contribution in [1.29, 1.82) is 5.26 Å². The minimum Gasteiger partial charge on any atom is -1.00 e. The largest absolute Gasteiger partial charge is 2.00 e. The van der Waals surface area contributed by atoms with E-state index in [1.54, 1.807) is 6.07 Å². The van der Waals surface area contributed by atoms with Crippen molar-refractivity contribution in [3.05, 3.63) is 151 Å². The van der Waals surface area contributed by atoms with Gasteiger partial charge in [0.2, 0.25) is 0 Å². The van der Waals surface area contributed by atoms with E-state index in [0.717, 1.165) is 73.0 Å². The zero-order valence-corrected chi connectivity index (χ0v) is 34.3.